The highest BCUT2D eigenvalue weighted by Gasteiger charge is 2.06. The summed E-state index contributed by atoms with van der Waals surface area (Å²) in [6.07, 6.45) is 1.99. The van der Waals surface area contributed by atoms with Crippen molar-refractivity contribution < 1.29 is 4.79 Å². The van der Waals surface area contributed by atoms with Crippen LogP contribution in [0, 0.1) is 0 Å². The highest BCUT2D eigenvalue weighted by Crippen LogP contribution is 2.17. The maximum atomic E-state index is 11.8. The van der Waals surface area contributed by atoms with Crippen LogP contribution < -0.4 is 10.9 Å². The zero-order valence-corrected chi connectivity index (χ0v) is 10.6. The molecule has 0 atom stereocenters. The van der Waals surface area contributed by atoms with Gasteiger partial charge in [0.2, 0.25) is 5.56 Å². The summed E-state index contributed by atoms with van der Waals surface area (Å²) in [6, 6.07) is 12.0. The van der Waals surface area contributed by atoms with Gasteiger partial charge in [-0.1, -0.05) is 6.07 Å². The van der Waals surface area contributed by atoms with Gasteiger partial charge in [-0.2, -0.15) is 0 Å². The van der Waals surface area contributed by atoms with Gasteiger partial charge in [0.1, 0.15) is 5.69 Å². The first-order valence-corrected chi connectivity index (χ1v) is 6.56. The zero-order chi connectivity index (χ0) is 13.0. The number of amides is 1. The number of pyridine rings is 1. The molecule has 0 aliphatic carbocycles. The van der Waals surface area contributed by atoms with E-state index in [0.717, 1.165) is 4.90 Å². The predicted octanol–water partition coefficient (Wildman–Crippen LogP) is 2.35. The summed E-state index contributed by atoms with van der Waals surface area (Å²) in [5.74, 6) is -0.329. The normalized spacial score (nSPS) is 10.1. The van der Waals surface area contributed by atoms with Gasteiger partial charge in [0.15, 0.2) is 0 Å². The maximum absolute atomic E-state index is 11.8. The van der Waals surface area contributed by atoms with E-state index in [0.29, 0.717) is 5.69 Å². The number of anilines is 1. The number of H-pyrrole nitrogens is 1. The van der Waals surface area contributed by atoms with E-state index in [1.807, 2.05) is 30.5 Å². The molecule has 0 unspecified atom stereocenters. The van der Waals surface area contributed by atoms with E-state index < -0.39 is 0 Å². The van der Waals surface area contributed by atoms with Crippen molar-refractivity contribution in [1.82, 2.24) is 4.98 Å². The Hall–Kier alpha value is -2.01. The van der Waals surface area contributed by atoms with Gasteiger partial charge < -0.3 is 10.3 Å². The summed E-state index contributed by atoms with van der Waals surface area (Å²) in [6.45, 7) is 0. The number of nitrogens with one attached hydrogen (secondary N) is 2. The second kappa shape index (κ2) is 5.55. The van der Waals surface area contributed by atoms with Crippen LogP contribution in [0.5, 0.6) is 0 Å². The topological polar surface area (TPSA) is 62.0 Å². The number of thioether (sulfide) groups is 1. The van der Waals surface area contributed by atoms with Crippen LogP contribution in [0.4, 0.5) is 5.69 Å². The number of rotatable bonds is 3. The van der Waals surface area contributed by atoms with E-state index in [4.69, 9.17) is 0 Å². The van der Waals surface area contributed by atoms with E-state index in [9.17, 15) is 9.59 Å². The highest BCUT2D eigenvalue weighted by molar-refractivity contribution is 7.98. The molecule has 2 N–H and O–H groups in total. The maximum Gasteiger partial charge on any atom is 0.272 e. The molecule has 0 bridgehead atoms. The molecular formula is C13H12N2O2S. The minimum atomic E-state index is -0.329. The third-order valence-electron chi connectivity index (χ3n) is 2.36. The average Bonchev–Trinajstić information content (AvgIpc) is 2.39. The second-order valence-corrected chi connectivity index (χ2v) is 4.49. The van der Waals surface area contributed by atoms with Gasteiger partial charge in [-0.15, -0.1) is 11.8 Å². The Kier molecular flexibility index (Phi) is 3.84. The molecule has 0 fully saturated rings. The minimum Gasteiger partial charge on any atom is -0.321 e. The Morgan fingerprint density at radius 1 is 1.17 bits per heavy atom. The molecule has 4 nitrogen and oxygen atoms in total. The molecule has 0 aliphatic heterocycles. The van der Waals surface area contributed by atoms with Crippen molar-refractivity contribution in [3.05, 3.63) is 58.5 Å². The molecular weight excluding hydrogens is 248 g/mol. The van der Waals surface area contributed by atoms with Crippen LogP contribution >= 0.6 is 11.8 Å². The van der Waals surface area contributed by atoms with Gasteiger partial charge in [0.25, 0.3) is 5.91 Å². The number of hydrogen-bond donors (Lipinski definition) is 2. The lowest BCUT2D eigenvalue weighted by atomic mass is 10.3. The predicted molar refractivity (Wildman–Crippen MR) is 73.2 cm³/mol. The van der Waals surface area contributed by atoms with Crippen molar-refractivity contribution >= 4 is 23.4 Å². The number of benzene rings is 1. The monoisotopic (exact) mass is 260 g/mol. The van der Waals surface area contributed by atoms with E-state index in [-0.39, 0.29) is 17.2 Å². The fraction of sp³-hybridized carbons (Fsp3) is 0.0769. The number of aromatic amines is 1. The molecule has 18 heavy (non-hydrogen) atoms. The molecule has 2 aromatic rings. The van der Waals surface area contributed by atoms with Crippen LogP contribution in [-0.4, -0.2) is 17.1 Å². The largest absolute Gasteiger partial charge is 0.321 e. The van der Waals surface area contributed by atoms with Crippen LogP contribution in [0.1, 0.15) is 10.5 Å². The van der Waals surface area contributed by atoms with Gasteiger partial charge in [0.05, 0.1) is 0 Å². The Morgan fingerprint density at radius 2 is 1.89 bits per heavy atom. The molecule has 92 valence electrons. The third-order valence-corrected chi connectivity index (χ3v) is 3.10. The molecule has 1 aromatic carbocycles. The fourth-order valence-electron chi connectivity index (χ4n) is 1.45. The number of carbonyl (C=O) groups is 1. The lowest BCUT2D eigenvalue weighted by Gasteiger charge is -2.05. The number of hydrogen-bond acceptors (Lipinski definition) is 3. The third kappa shape index (κ3) is 3.01. The molecule has 1 heterocycles. The van der Waals surface area contributed by atoms with Gasteiger partial charge >= 0.3 is 0 Å². The molecule has 1 aromatic heterocycles. The van der Waals surface area contributed by atoms with Gasteiger partial charge in [-0.3, -0.25) is 9.59 Å². The summed E-state index contributed by atoms with van der Waals surface area (Å²) in [7, 11) is 0. The van der Waals surface area contributed by atoms with Crippen LogP contribution in [0.15, 0.2) is 52.2 Å². The number of aromatic nitrogens is 1. The molecule has 2 rings (SSSR count). The minimum absolute atomic E-state index is 0.247. The van der Waals surface area contributed by atoms with Crippen molar-refractivity contribution in [3.63, 3.8) is 0 Å². The Labute approximate surface area is 108 Å². The smallest absolute Gasteiger partial charge is 0.272 e. The SMILES string of the molecule is CSc1ccc(NC(=O)c2cccc(=O)[nH]2)cc1. The molecule has 0 aliphatic rings. The first-order valence-electron chi connectivity index (χ1n) is 5.34. The first kappa shape index (κ1) is 12.4. The van der Waals surface area contributed by atoms with Crippen molar-refractivity contribution in [2.75, 3.05) is 11.6 Å². The van der Waals surface area contributed by atoms with E-state index in [1.165, 1.54) is 6.07 Å². The van der Waals surface area contributed by atoms with Gasteiger partial charge in [0, 0.05) is 16.6 Å². The zero-order valence-electron chi connectivity index (χ0n) is 9.77. The summed E-state index contributed by atoms with van der Waals surface area (Å²) >= 11 is 1.63. The molecule has 0 saturated carbocycles. The van der Waals surface area contributed by atoms with E-state index in [2.05, 4.69) is 10.3 Å². The highest BCUT2D eigenvalue weighted by atomic mass is 32.2. The standard InChI is InChI=1S/C13H12N2O2S/c1-18-10-7-5-9(6-8-10)14-13(17)11-3-2-4-12(16)15-11/h2-8H,1H3,(H,14,17)(H,15,16). The van der Waals surface area contributed by atoms with Gasteiger partial charge in [-0.05, 0) is 36.6 Å². The average molecular weight is 260 g/mol. The van der Waals surface area contributed by atoms with Crippen molar-refractivity contribution in [3.8, 4) is 0 Å². The van der Waals surface area contributed by atoms with Crippen LogP contribution in [0.25, 0.3) is 0 Å². The summed E-state index contributed by atoms with van der Waals surface area (Å²) < 4.78 is 0. The Morgan fingerprint density at radius 3 is 2.50 bits per heavy atom. The lowest BCUT2D eigenvalue weighted by Crippen LogP contribution is -2.17. The molecule has 5 heteroatoms. The van der Waals surface area contributed by atoms with E-state index >= 15 is 0 Å². The molecule has 0 radical (unpaired) electrons. The lowest BCUT2D eigenvalue weighted by molar-refractivity contribution is 0.102. The summed E-state index contributed by atoms with van der Waals surface area (Å²) in [5, 5.41) is 2.72. The van der Waals surface area contributed by atoms with Crippen molar-refractivity contribution in [2.24, 2.45) is 0 Å². The molecule has 0 saturated heterocycles. The van der Waals surface area contributed by atoms with Crippen LogP contribution in [0.2, 0.25) is 0 Å². The summed E-state index contributed by atoms with van der Waals surface area (Å²) in [4.78, 5) is 26.5. The molecule has 1 amide bonds. The van der Waals surface area contributed by atoms with Crippen LogP contribution in [0.3, 0.4) is 0 Å². The van der Waals surface area contributed by atoms with Crippen molar-refractivity contribution in [1.29, 1.82) is 0 Å². The quantitative estimate of drug-likeness (QED) is 0.833. The van der Waals surface area contributed by atoms with Crippen LogP contribution in [-0.2, 0) is 0 Å². The molecule has 0 spiro atoms. The Bertz CT molecular complexity index is 605. The Balaban J connectivity index is 2.13. The number of carbonyl (C=O) groups excluding carboxylic acids is 1. The fourth-order valence-corrected chi connectivity index (χ4v) is 1.86. The first-order chi connectivity index (χ1) is 8.69. The van der Waals surface area contributed by atoms with E-state index in [1.54, 1.807) is 23.9 Å². The van der Waals surface area contributed by atoms with Gasteiger partial charge in [-0.25, -0.2) is 0 Å². The summed E-state index contributed by atoms with van der Waals surface area (Å²) in [5.41, 5.74) is 0.652. The van der Waals surface area contributed by atoms with Crippen molar-refractivity contribution in [2.45, 2.75) is 4.90 Å². The second-order valence-electron chi connectivity index (χ2n) is 3.61.